The topological polar surface area (TPSA) is 44.0 Å². The first-order valence-electron chi connectivity index (χ1n) is 9.59. The Bertz CT molecular complexity index is 1330. The van der Waals surface area contributed by atoms with Gasteiger partial charge in [-0.2, -0.15) is 5.26 Å². The molecule has 0 aliphatic heterocycles. The van der Waals surface area contributed by atoms with Crippen LogP contribution in [0.5, 0.6) is 0 Å². The highest BCUT2D eigenvalue weighted by atomic mass is 15.0. The van der Waals surface area contributed by atoms with E-state index < -0.39 is 0 Å². The minimum atomic E-state index is 0.668. The Morgan fingerprint density at radius 2 is 1.34 bits per heavy atom. The molecule has 0 unspecified atom stereocenters. The minimum Gasteiger partial charge on any atom is -0.339 e. The van der Waals surface area contributed by atoms with Crippen LogP contribution in [0.25, 0.3) is 39.2 Å². The number of fused-ring (bicyclic) bond motifs is 1. The van der Waals surface area contributed by atoms with Crippen LogP contribution in [0, 0.1) is 18.3 Å². The molecule has 3 heteroatoms. The Morgan fingerprint density at radius 3 is 2.03 bits per heavy atom. The number of hydrogen-bond donors (Lipinski definition) is 1. The lowest BCUT2D eigenvalue weighted by Gasteiger charge is -2.03. The third-order valence-electron chi connectivity index (χ3n) is 5.33. The molecule has 2 aromatic heterocycles. The number of aromatic nitrogens is 2. The zero-order valence-corrected chi connectivity index (χ0v) is 16.1. The number of aromatic amines is 1. The second kappa shape index (κ2) is 6.85. The third kappa shape index (κ3) is 3.01. The summed E-state index contributed by atoms with van der Waals surface area (Å²) >= 11 is 0. The molecule has 0 saturated carbocycles. The summed E-state index contributed by atoms with van der Waals surface area (Å²) in [4.78, 5) is 3.43. The molecule has 0 bridgehead atoms. The highest BCUT2D eigenvalue weighted by Gasteiger charge is 2.15. The SMILES string of the molecule is Cc1ccc(-c2cn3cc(-c4ccc(-c5ccccc5)cc4)[nH]c3c2C#N)cc1. The lowest BCUT2D eigenvalue weighted by molar-refractivity contribution is 1.23. The average molecular weight is 373 g/mol. The number of benzene rings is 3. The summed E-state index contributed by atoms with van der Waals surface area (Å²) in [7, 11) is 0. The molecule has 29 heavy (non-hydrogen) atoms. The number of nitrogens with one attached hydrogen (secondary N) is 1. The Labute approximate surface area is 169 Å². The predicted molar refractivity (Wildman–Crippen MR) is 118 cm³/mol. The Morgan fingerprint density at radius 1 is 0.724 bits per heavy atom. The van der Waals surface area contributed by atoms with Crippen molar-refractivity contribution in [3.63, 3.8) is 0 Å². The number of rotatable bonds is 3. The van der Waals surface area contributed by atoms with Crippen LogP contribution in [-0.4, -0.2) is 9.38 Å². The van der Waals surface area contributed by atoms with Gasteiger partial charge in [-0.15, -0.1) is 0 Å². The van der Waals surface area contributed by atoms with Crippen LogP contribution in [0.1, 0.15) is 11.1 Å². The van der Waals surface area contributed by atoms with Gasteiger partial charge in [0.1, 0.15) is 17.3 Å². The van der Waals surface area contributed by atoms with Gasteiger partial charge >= 0.3 is 0 Å². The van der Waals surface area contributed by atoms with Crippen molar-refractivity contribution in [3.05, 3.63) is 102 Å². The van der Waals surface area contributed by atoms with E-state index in [2.05, 4.69) is 78.6 Å². The molecular weight excluding hydrogens is 354 g/mol. The molecule has 0 fully saturated rings. The molecule has 138 valence electrons. The standard InChI is InChI=1S/C26H19N3/c1-18-7-9-21(10-8-18)24-16-29-17-25(28-26(29)23(24)15-27)22-13-11-20(12-14-22)19-5-3-2-4-6-19/h2-14,16-17,28H,1H3. The number of nitrogens with zero attached hydrogens (tertiary/aromatic N) is 2. The minimum absolute atomic E-state index is 0.668. The second-order valence-electron chi connectivity index (χ2n) is 7.26. The molecule has 1 N–H and O–H groups in total. The van der Waals surface area contributed by atoms with Gasteiger partial charge in [-0.05, 0) is 29.2 Å². The first-order valence-corrected chi connectivity index (χ1v) is 9.59. The molecule has 0 aliphatic rings. The molecule has 0 spiro atoms. The average Bonchev–Trinajstić information content (AvgIpc) is 3.33. The highest BCUT2D eigenvalue weighted by molar-refractivity contribution is 5.81. The quantitative estimate of drug-likeness (QED) is 0.388. The summed E-state index contributed by atoms with van der Waals surface area (Å²) in [5.41, 5.74) is 9.17. The maximum absolute atomic E-state index is 9.78. The van der Waals surface area contributed by atoms with Crippen LogP contribution >= 0.6 is 0 Å². The van der Waals surface area contributed by atoms with Crippen molar-refractivity contribution in [1.29, 1.82) is 5.26 Å². The largest absolute Gasteiger partial charge is 0.339 e. The summed E-state index contributed by atoms with van der Waals surface area (Å²) in [5.74, 6) is 0. The zero-order chi connectivity index (χ0) is 19.8. The van der Waals surface area contributed by atoms with Crippen molar-refractivity contribution < 1.29 is 0 Å². The fourth-order valence-electron chi connectivity index (χ4n) is 3.74. The van der Waals surface area contributed by atoms with E-state index in [9.17, 15) is 5.26 Å². The van der Waals surface area contributed by atoms with E-state index in [0.29, 0.717) is 5.56 Å². The Kier molecular flexibility index (Phi) is 4.04. The van der Waals surface area contributed by atoms with Gasteiger partial charge in [0, 0.05) is 18.0 Å². The van der Waals surface area contributed by atoms with Gasteiger partial charge < -0.3 is 9.38 Å². The van der Waals surface area contributed by atoms with Crippen LogP contribution in [0.2, 0.25) is 0 Å². The van der Waals surface area contributed by atoms with Gasteiger partial charge in [0.15, 0.2) is 0 Å². The van der Waals surface area contributed by atoms with Crippen LogP contribution < -0.4 is 0 Å². The smallest absolute Gasteiger partial charge is 0.133 e. The van der Waals surface area contributed by atoms with Crippen LogP contribution in [0.3, 0.4) is 0 Å². The highest BCUT2D eigenvalue weighted by Crippen LogP contribution is 2.31. The molecular formula is C26H19N3. The van der Waals surface area contributed by atoms with Gasteiger partial charge in [-0.3, -0.25) is 0 Å². The van der Waals surface area contributed by atoms with E-state index >= 15 is 0 Å². The summed E-state index contributed by atoms with van der Waals surface area (Å²) in [6, 6.07) is 29.5. The third-order valence-corrected chi connectivity index (χ3v) is 5.33. The number of nitriles is 1. The van der Waals surface area contributed by atoms with Crippen molar-refractivity contribution in [2.45, 2.75) is 6.92 Å². The van der Waals surface area contributed by atoms with E-state index in [0.717, 1.165) is 28.0 Å². The second-order valence-corrected chi connectivity index (χ2v) is 7.26. The first kappa shape index (κ1) is 17.1. The van der Waals surface area contributed by atoms with Gasteiger partial charge in [0.2, 0.25) is 0 Å². The summed E-state index contributed by atoms with van der Waals surface area (Å²) < 4.78 is 2.01. The monoisotopic (exact) mass is 373 g/mol. The van der Waals surface area contributed by atoms with Crippen LogP contribution in [0.15, 0.2) is 91.3 Å². The van der Waals surface area contributed by atoms with Crippen molar-refractivity contribution in [2.24, 2.45) is 0 Å². The predicted octanol–water partition coefficient (Wildman–Crippen LogP) is 6.45. The number of H-pyrrole nitrogens is 1. The molecule has 0 atom stereocenters. The molecule has 0 radical (unpaired) electrons. The van der Waals surface area contributed by atoms with Crippen molar-refractivity contribution in [2.75, 3.05) is 0 Å². The number of aryl methyl sites for hydroxylation is 1. The fourth-order valence-corrected chi connectivity index (χ4v) is 3.74. The van der Waals surface area contributed by atoms with E-state index in [4.69, 9.17) is 0 Å². The van der Waals surface area contributed by atoms with Gasteiger partial charge in [0.25, 0.3) is 0 Å². The maximum atomic E-state index is 9.78. The van der Waals surface area contributed by atoms with Gasteiger partial charge in [-0.25, -0.2) is 0 Å². The summed E-state index contributed by atoms with van der Waals surface area (Å²) in [6.45, 7) is 2.06. The van der Waals surface area contributed by atoms with Gasteiger partial charge in [0.05, 0.1) is 5.69 Å². The van der Waals surface area contributed by atoms with E-state index in [1.54, 1.807) is 0 Å². The van der Waals surface area contributed by atoms with Gasteiger partial charge in [-0.1, -0.05) is 84.4 Å². The molecule has 0 saturated heterocycles. The normalized spacial score (nSPS) is 10.9. The van der Waals surface area contributed by atoms with E-state index in [1.165, 1.54) is 16.7 Å². The summed E-state index contributed by atoms with van der Waals surface area (Å²) in [6.07, 6.45) is 4.07. The van der Waals surface area contributed by atoms with Crippen LogP contribution in [0.4, 0.5) is 0 Å². The zero-order valence-electron chi connectivity index (χ0n) is 16.1. The van der Waals surface area contributed by atoms with Crippen molar-refractivity contribution >= 4 is 5.65 Å². The molecule has 3 nitrogen and oxygen atoms in total. The van der Waals surface area contributed by atoms with E-state index in [1.807, 2.05) is 35.0 Å². The van der Waals surface area contributed by atoms with Crippen molar-refractivity contribution in [3.8, 4) is 39.6 Å². The molecule has 0 amide bonds. The fraction of sp³-hybridized carbons (Fsp3) is 0.0385. The molecule has 0 aliphatic carbocycles. The number of imidazole rings is 1. The van der Waals surface area contributed by atoms with E-state index in [-0.39, 0.29) is 0 Å². The molecule has 2 heterocycles. The summed E-state index contributed by atoms with van der Waals surface area (Å²) in [5, 5.41) is 9.78. The Balaban J connectivity index is 1.53. The van der Waals surface area contributed by atoms with Crippen LogP contribution in [-0.2, 0) is 0 Å². The van der Waals surface area contributed by atoms with Crippen molar-refractivity contribution in [1.82, 2.24) is 9.38 Å². The lowest BCUT2D eigenvalue weighted by atomic mass is 10.0. The maximum Gasteiger partial charge on any atom is 0.133 e. The molecule has 5 rings (SSSR count). The molecule has 5 aromatic rings. The Hall–Kier alpha value is -4.03. The first-order chi connectivity index (χ1) is 14.2. The number of hydrogen-bond acceptors (Lipinski definition) is 1. The lowest BCUT2D eigenvalue weighted by Crippen LogP contribution is -1.83. The molecule has 3 aromatic carbocycles.